The Kier molecular flexibility index (Phi) is 9.17. The third kappa shape index (κ3) is 6.06. The molecule has 0 aliphatic heterocycles. The fourth-order valence-electron chi connectivity index (χ4n) is 3.00. The van der Waals surface area contributed by atoms with Crippen LogP contribution >= 0.6 is 24.0 Å². The third-order valence-corrected chi connectivity index (χ3v) is 4.51. The van der Waals surface area contributed by atoms with E-state index in [2.05, 4.69) is 65.9 Å². The Morgan fingerprint density at radius 3 is 2.52 bits per heavy atom. The zero-order valence-electron chi connectivity index (χ0n) is 17.2. The molecule has 3 aromatic rings. The number of aromatic nitrogens is 3. The molecule has 0 saturated carbocycles. The minimum atomic E-state index is 0. The van der Waals surface area contributed by atoms with E-state index in [4.69, 9.17) is 9.52 Å². The summed E-state index contributed by atoms with van der Waals surface area (Å²) in [6.07, 6.45) is 5.40. The zero-order valence-corrected chi connectivity index (χ0v) is 19.5. The molecule has 2 heterocycles. The van der Waals surface area contributed by atoms with Gasteiger partial charge in [0.1, 0.15) is 5.76 Å². The molecule has 3 rings (SSSR count). The van der Waals surface area contributed by atoms with Crippen LogP contribution in [0.2, 0.25) is 0 Å². The van der Waals surface area contributed by atoms with E-state index < -0.39 is 0 Å². The summed E-state index contributed by atoms with van der Waals surface area (Å²) >= 11 is 0. The number of rotatable bonds is 8. The van der Waals surface area contributed by atoms with Crippen molar-refractivity contribution >= 4 is 29.9 Å². The molecule has 0 radical (unpaired) electrons. The molecule has 0 bridgehead atoms. The molecule has 2 N–H and O–H groups in total. The Morgan fingerprint density at radius 2 is 1.90 bits per heavy atom. The summed E-state index contributed by atoms with van der Waals surface area (Å²) in [6.45, 7) is 8.28. The van der Waals surface area contributed by atoms with Gasteiger partial charge < -0.3 is 15.2 Å². The number of nitrogens with zero attached hydrogens (tertiary/aromatic N) is 4. The van der Waals surface area contributed by atoms with Crippen molar-refractivity contribution in [3.8, 4) is 5.69 Å². The highest BCUT2D eigenvalue weighted by atomic mass is 127. The molecule has 29 heavy (non-hydrogen) atoms. The summed E-state index contributed by atoms with van der Waals surface area (Å²) in [5, 5.41) is 15.1. The van der Waals surface area contributed by atoms with Crippen molar-refractivity contribution in [1.29, 1.82) is 0 Å². The minimum Gasteiger partial charge on any atom is -0.361 e. The van der Waals surface area contributed by atoms with Gasteiger partial charge in [-0.05, 0) is 37.1 Å². The third-order valence-electron chi connectivity index (χ3n) is 4.51. The van der Waals surface area contributed by atoms with Gasteiger partial charge in [0.05, 0.1) is 17.9 Å². The Morgan fingerprint density at radius 1 is 1.10 bits per heavy atom. The molecule has 1 aromatic carbocycles. The predicted molar refractivity (Wildman–Crippen MR) is 126 cm³/mol. The van der Waals surface area contributed by atoms with Gasteiger partial charge in [0, 0.05) is 37.5 Å². The van der Waals surface area contributed by atoms with E-state index in [0.717, 1.165) is 53.6 Å². The van der Waals surface area contributed by atoms with Gasteiger partial charge >= 0.3 is 0 Å². The molecule has 0 aliphatic carbocycles. The molecule has 7 nitrogen and oxygen atoms in total. The fraction of sp³-hybridized carbons (Fsp3) is 0.381. The molecular weight excluding hydrogens is 479 g/mol. The maximum Gasteiger partial charge on any atom is 0.191 e. The van der Waals surface area contributed by atoms with Crippen molar-refractivity contribution in [2.45, 2.75) is 46.7 Å². The predicted octanol–water partition coefficient (Wildman–Crippen LogP) is 3.86. The number of benzene rings is 1. The van der Waals surface area contributed by atoms with Crippen molar-refractivity contribution in [3.63, 3.8) is 0 Å². The van der Waals surface area contributed by atoms with Crippen LogP contribution in [0.3, 0.4) is 0 Å². The number of aryl methyl sites for hydroxylation is 2. The average Bonchev–Trinajstić information content (AvgIpc) is 3.40. The quantitative estimate of drug-likeness (QED) is 0.275. The van der Waals surface area contributed by atoms with Gasteiger partial charge in [0.2, 0.25) is 0 Å². The number of hydrogen-bond donors (Lipinski definition) is 2. The summed E-state index contributed by atoms with van der Waals surface area (Å²) in [5.74, 6) is 1.72. The molecule has 0 aliphatic rings. The maximum atomic E-state index is 5.44. The number of halogens is 1. The molecule has 0 fully saturated rings. The van der Waals surface area contributed by atoms with E-state index in [0.29, 0.717) is 13.1 Å². The summed E-state index contributed by atoms with van der Waals surface area (Å²) in [7, 11) is 0. The first kappa shape index (κ1) is 22.9. The number of guanidine groups is 1. The molecule has 0 atom stereocenters. The molecule has 0 amide bonds. The first-order valence-corrected chi connectivity index (χ1v) is 9.82. The highest BCUT2D eigenvalue weighted by Crippen LogP contribution is 2.15. The van der Waals surface area contributed by atoms with Crippen LogP contribution in [0.25, 0.3) is 5.69 Å². The Bertz CT molecular complexity index is 865. The van der Waals surface area contributed by atoms with E-state index in [1.54, 1.807) is 6.20 Å². The second-order valence-corrected chi connectivity index (χ2v) is 6.40. The highest BCUT2D eigenvalue weighted by Gasteiger charge is 2.13. The number of nitrogens with one attached hydrogen (secondary N) is 2. The lowest BCUT2D eigenvalue weighted by molar-refractivity contribution is 0.380. The smallest absolute Gasteiger partial charge is 0.191 e. The van der Waals surface area contributed by atoms with Crippen LogP contribution in [-0.2, 0) is 25.9 Å². The van der Waals surface area contributed by atoms with E-state index in [9.17, 15) is 0 Å². The van der Waals surface area contributed by atoms with Gasteiger partial charge in [0.25, 0.3) is 0 Å². The topological polar surface area (TPSA) is 80.3 Å². The van der Waals surface area contributed by atoms with Crippen LogP contribution in [0.1, 0.15) is 43.4 Å². The van der Waals surface area contributed by atoms with Gasteiger partial charge in [-0.1, -0.05) is 31.1 Å². The zero-order chi connectivity index (χ0) is 19.8. The van der Waals surface area contributed by atoms with E-state index >= 15 is 0 Å². The van der Waals surface area contributed by atoms with Crippen LogP contribution in [0.5, 0.6) is 0 Å². The summed E-state index contributed by atoms with van der Waals surface area (Å²) < 4.78 is 7.28. The van der Waals surface area contributed by atoms with Crippen LogP contribution in [0.4, 0.5) is 0 Å². The second-order valence-electron chi connectivity index (χ2n) is 6.40. The van der Waals surface area contributed by atoms with Crippen LogP contribution < -0.4 is 10.6 Å². The molecule has 156 valence electrons. The average molecular weight is 508 g/mol. The summed E-state index contributed by atoms with van der Waals surface area (Å²) in [6, 6.07) is 10.2. The second kappa shape index (κ2) is 11.6. The molecule has 0 saturated heterocycles. The molecule has 8 heteroatoms. The van der Waals surface area contributed by atoms with Crippen LogP contribution in [0, 0.1) is 0 Å². The van der Waals surface area contributed by atoms with Gasteiger partial charge in [-0.3, -0.25) is 0 Å². The standard InChI is InChI=1S/C21H28N6O.HI/c1-4-19-18(20(5-2)28-26-19)15-24-21(22-6-3)23-14-16-8-10-17(11-9-16)27-13-7-12-25-27;/h7-13H,4-6,14-15H2,1-3H3,(H2,22,23,24);1H. The molecular formula is C21H29IN6O. The van der Waals surface area contributed by atoms with Gasteiger partial charge in [-0.15, -0.1) is 24.0 Å². The van der Waals surface area contributed by atoms with Crippen molar-refractivity contribution < 1.29 is 4.52 Å². The molecule has 0 spiro atoms. The van der Waals surface area contributed by atoms with E-state index in [1.165, 1.54) is 0 Å². The van der Waals surface area contributed by atoms with Crippen LogP contribution in [0.15, 0.2) is 52.2 Å². The molecule has 0 unspecified atom stereocenters. The SMILES string of the molecule is CCNC(=NCc1ccc(-n2cccn2)cc1)NCc1c(CC)noc1CC.I. The summed E-state index contributed by atoms with van der Waals surface area (Å²) in [5.41, 5.74) is 4.32. The summed E-state index contributed by atoms with van der Waals surface area (Å²) in [4.78, 5) is 4.71. The lowest BCUT2D eigenvalue weighted by Crippen LogP contribution is -2.37. The Balaban J connectivity index is 0.00000300. The normalized spacial score (nSPS) is 11.2. The van der Waals surface area contributed by atoms with Crippen molar-refractivity contribution in [2.24, 2.45) is 4.99 Å². The first-order chi connectivity index (χ1) is 13.7. The van der Waals surface area contributed by atoms with Gasteiger partial charge in [0.15, 0.2) is 5.96 Å². The maximum absolute atomic E-state index is 5.44. The number of hydrogen-bond acceptors (Lipinski definition) is 4. The van der Waals surface area contributed by atoms with E-state index in [-0.39, 0.29) is 24.0 Å². The van der Waals surface area contributed by atoms with Crippen molar-refractivity contribution in [1.82, 2.24) is 25.6 Å². The monoisotopic (exact) mass is 508 g/mol. The minimum absolute atomic E-state index is 0. The van der Waals surface area contributed by atoms with Crippen molar-refractivity contribution in [3.05, 3.63) is 65.3 Å². The Labute approximate surface area is 189 Å². The van der Waals surface area contributed by atoms with Crippen LogP contribution in [-0.4, -0.2) is 27.4 Å². The first-order valence-electron chi connectivity index (χ1n) is 9.82. The lowest BCUT2D eigenvalue weighted by atomic mass is 10.1. The highest BCUT2D eigenvalue weighted by molar-refractivity contribution is 14.0. The molecule has 2 aromatic heterocycles. The number of aliphatic imine (C=N–C) groups is 1. The van der Waals surface area contributed by atoms with Crippen molar-refractivity contribution in [2.75, 3.05) is 6.54 Å². The van der Waals surface area contributed by atoms with Gasteiger partial charge in [-0.25, -0.2) is 9.67 Å². The largest absolute Gasteiger partial charge is 0.361 e. The lowest BCUT2D eigenvalue weighted by Gasteiger charge is -2.12. The Hall–Kier alpha value is -2.36. The van der Waals surface area contributed by atoms with Gasteiger partial charge in [-0.2, -0.15) is 5.10 Å². The van der Waals surface area contributed by atoms with E-state index in [1.807, 2.05) is 16.9 Å². The fourth-order valence-corrected chi connectivity index (χ4v) is 3.00.